The number of methoxy groups -OCH3 is 1. The summed E-state index contributed by atoms with van der Waals surface area (Å²) in [7, 11) is 1.69. The molecule has 0 saturated carbocycles. The molecule has 0 bridgehead atoms. The Bertz CT molecular complexity index is 602. The van der Waals surface area contributed by atoms with Crippen molar-refractivity contribution < 1.29 is 4.74 Å². The van der Waals surface area contributed by atoms with Crippen molar-refractivity contribution in [2.75, 3.05) is 13.7 Å². The van der Waals surface area contributed by atoms with Gasteiger partial charge in [-0.1, -0.05) is 45.0 Å². The third kappa shape index (κ3) is 3.44. The molecule has 0 spiro atoms. The predicted octanol–water partition coefficient (Wildman–Crippen LogP) is 3.63. The highest BCUT2D eigenvalue weighted by Gasteiger charge is 2.22. The predicted molar refractivity (Wildman–Crippen MR) is 85.6 cm³/mol. The van der Waals surface area contributed by atoms with Gasteiger partial charge < -0.3 is 9.30 Å². The molecule has 21 heavy (non-hydrogen) atoms. The first kappa shape index (κ1) is 16.0. The van der Waals surface area contributed by atoms with Crippen LogP contribution in [0.2, 0.25) is 0 Å². The van der Waals surface area contributed by atoms with Gasteiger partial charge in [-0.3, -0.25) is 0 Å². The fraction of sp³-hybridized carbons (Fsp3) is 0.500. The molecular weight excluding hydrogens is 286 g/mol. The molecule has 0 atom stereocenters. The average Bonchev–Trinajstić information content (AvgIpc) is 2.86. The van der Waals surface area contributed by atoms with Crippen LogP contribution in [0, 0.1) is 0 Å². The second-order valence-corrected chi connectivity index (χ2v) is 6.28. The summed E-state index contributed by atoms with van der Waals surface area (Å²) in [4.78, 5) is 0. The molecule has 2 rings (SSSR count). The van der Waals surface area contributed by atoms with Crippen molar-refractivity contribution in [1.29, 1.82) is 0 Å². The van der Waals surface area contributed by atoms with Gasteiger partial charge in [-0.15, -0.1) is 21.8 Å². The van der Waals surface area contributed by atoms with Crippen LogP contribution in [-0.4, -0.2) is 28.5 Å². The normalized spacial score (nSPS) is 11.9. The Morgan fingerprint density at radius 2 is 1.90 bits per heavy atom. The zero-order chi connectivity index (χ0) is 15.5. The topological polar surface area (TPSA) is 39.9 Å². The van der Waals surface area contributed by atoms with Crippen molar-refractivity contribution in [3.8, 4) is 11.4 Å². The molecular formula is C16H22ClN3O. The van der Waals surface area contributed by atoms with Crippen LogP contribution in [0.3, 0.4) is 0 Å². The summed E-state index contributed by atoms with van der Waals surface area (Å²) in [5, 5.41) is 8.57. The Labute approximate surface area is 131 Å². The van der Waals surface area contributed by atoms with Crippen LogP contribution < -0.4 is 0 Å². The summed E-state index contributed by atoms with van der Waals surface area (Å²) in [6, 6.07) is 8.32. The SMILES string of the molecule is COCCn1c(CCl)nnc1-c1ccccc1C(C)(C)C. The zero-order valence-electron chi connectivity index (χ0n) is 13.1. The lowest BCUT2D eigenvalue weighted by molar-refractivity contribution is 0.187. The van der Waals surface area contributed by atoms with E-state index in [0.717, 1.165) is 17.2 Å². The zero-order valence-corrected chi connectivity index (χ0v) is 13.8. The number of halogens is 1. The van der Waals surface area contributed by atoms with Crippen LogP contribution in [0.15, 0.2) is 24.3 Å². The van der Waals surface area contributed by atoms with Crippen molar-refractivity contribution in [2.45, 2.75) is 38.6 Å². The highest BCUT2D eigenvalue weighted by molar-refractivity contribution is 6.16. The second-order valence-electron chi connectivity index (χ2n) is 6.01. The molecule has 0 radical (unpaired) electrons. The van der Waals surface area contributed by atoms with E-state index in [9.17, 15) is 0 Å². The molecule has 0 saturated heterocycles. The van der Waals surface area contributed by atoms with Gasteiger partial charge in [-0.05, 0) is 11.0 Å². The summed E-state index contributed by atoms with van der Waals surface area (Å²) in [5.41, 5.74) is 2.39. The molecule has 0 N–H and O–H groups in total. The number of rotatable bonds is 5. The molecule has 0 fully saturated rings. The van der Waals surface area contributed by atoms with E-state index in [2.05, 4.69) is 49.2 Å². The lowest BCUT2D eigenvalue weighted by atomic mass is 9.83. The molecule has 4 nitrogen and oxygen atoms in total. The number of alkyl halides is 1. The summed E-state index contributed by atoms with van der Waals surface area (Å²) >= 11 is 5.98. The molecule has 1 aromatic carbocycles. The fourth-order valence-corrected chi connectivity index (χ4v) is 2.58. The molecule has 1 aromatic heterocycles. The van der Waals surface area contributed by atoms with Crippen LogP contribution in [0.25, 0.3) is 11.4 Å². The first-order valence-electron chi connectivity index (χ1n) is 7.06. The maximum atomic E-state index is 5.98. The van der Waals surface area contributed by atoms with Crippen LogP contribution in [0.5, 0.6) is 0 Å². The van der Waals surface area contributed by atoms with E-state index < -0.39 is 0 Å². The lowest BCUT2D eigenvalue weighted by Gasteiger charge is -2.22. The Morgan fingerprint density at radius 1 is 1.19 bits per heavy atom. The van der Waals surface area contributed by atoms with Gasteiger partial charge in [-0.2, -0.15) is 0 Å². The van der Waals surface area contributed by atoms with E-state index in [1.165, 1.54) is 5.56 Å². The summed E-state index contributed by atoms with van der Waals surface area (Å²) in [6.07, 6.45) is 0. The molecule has 0 aliphatic heterocycles. The molecule has 5 heteroatoms. The van der Waals surface area contributed by atoms with Gasteiger partial charge in [0.15, 0.2) is 5.82 Å². The van der Waals surface area contributed by atoms with E-state index in [1.54, 1.807) is 7.11 Å². The third-order valence-corrected chi connectivity index (χ3v) is 3.68. The van der Waals surface area contributed by atoms with Crippen molar-refractivity contribution in [3.63, 3.8) is 0 Å². The van der Waals surface area contributed by atoms with Crippen molar-refractivity contribution >= 4 is 11.6 Å². The van der Waals surface area contributed by atoms with E-state index in [0.29, 0.717) is 19.0 Å². The number of benzene rings is 1. The fourth-order valence-electron chi connectivity index (χ4n) is 2.38. The Morgan fingerprint density at radius 3 is 2.52 bits per heavy atom. The minimum atomic E-state index is 0.0375. The average molecular weight is 308 g/mol. The molecule has 0 aliphatic carbocycles. The van der Waals surface area contributed by atoms with E-state index in [-0.39, 0.29) is 5.41 Å². The molecule has 0 amide bonds. The van der Waals surface area contributed by atoms with Crippen LogP contribution >= 0.6 is 11.6 Å². The monoisotopic (exact) mass is 307 g/mol. The first-order valence-corrected chi connectivity index (χ1v) is 7.59. The smallest absolute Gasteiger partial charge is 0.164 e. The minimum Gasteiger partial charge on any atom is -0.383 e. The summed E-state index contributed by atoms with van der Waals surface area (Å²) in [5.74, 6) is 1.97. The van der Waals surface area contributed by atoms with Gasteiger partial charge in [-0.25, -0.2) is 0 Å². The highest BCUT2D eigenvalue weighted by atomic mass is 35.5. The maximum absolute atomic E-state index is 5.98. The van der Waals surface area contributed by atoms with Gasteiger partial charge >= 0.3 is 0 Å². The van der Waals surface area contributed by atoms with Crippen LogP contribution in [-0.2, 0) is 22.6 Å². The highest BCUT2D eigenvalue weighted by Crippen LogP contribution is 2.32. The van der Waals surface area contributed by atoms with E-state index in [1.807, 2.05) is 10.6 Å². The van der Waals surface area contributed by atoms with Crippen LogP contribution in [0.1, 0.15) is 32.2 Å². The first-order chi connectivity index (χ1) is 9.99. The van der Waals surface area contributed by atoms with Gasteiger partial charge in [0.05, 0.1) is 12.5 Å². The van der Waals surface area contributed by atoms with Crippen molar-refractivity contribution in [3.05, 3.63) is 35.7 Å². The maximum Gasteiger partial charge on any atom is 0.164 e. The van der Waals surface area contributed by atoms with Crippen molar-refractivity contribution in [2.24, 2.45) is 0 Å². The van der Waals surface area contributed by atoms with Gasteiger partial charge in [0.1, 0.15) is 5.82 Å². The minimum absolute atomic E-state index is 0.0375. The Hall–Kier alpha value is -1.39. The molecule has 1 heterocycles. The van der Waals surface area contributed by atoms with E-state index in [4.69, 9.17) is 16.3 Å². The molecule has 2 aromatic rings. The standard InChI is InChI=1S/C16H22ClN3O/c1-16(2,3)13-8-6-5-7-12(13)15-19-18-14(11-17)20(15)9-10-21-4/h5-8H,9-11H2,1-4H3. The second kappa shape index (κ2) is 6.58. The Balaban J connectivity index is 2.54. The lowest BCUT2D eigenvalue weighted by Crippen LogP contribution is -2.15. The molecule has 0 unspecified atom stereocenters. The molecule has 0 aliphatic rings. The van der Waals surface area contributed by atoms with Gasteiger partial charge in [0.25, 0.3) is 0 Å². The van der Waals surface area contributed by atoms with E-state index >= 15 is 0 Å². The third-order valence-electron chi connectivity index (χ3n) is 3.44. The molecule has 114 valence electrons. The number of hydrogen-bond donors (Lipinski definition) is 0. The Kier molecular flexibility index (Phi) is 5.01. The largest absolute Gasteiger partial charge is 0.383 e. The number of ether oxygens (including phenoxy) is 1. The number of nitrogens with zero attached hydrogens (tertiary/aromatic N) is 3. The summed E-state index contributed by atoms with van der Waals surface area (Å²) < 4.78 is 7.23. The summed E-state index contributed by atoms with van der Waals surface area (Å²) in [6.45, 7) is 7.89. The van der Waals surface area contributed by atoms with Crippen LogP contribution in [0.4, 0.5) is 0 Å². The van der Waals surface area contributed by atoms with Gasteiger partial charge in [0.2, 0.25) is 0 Å². The number of aromatic nitrogens is 3. The quantitative estimate of drug-likeness (QED) is 0.792. The van der Waals surface area contributed by atoms with Gasteiger partial charge in [0, 0.05) is 19.2 Å². The number of hydrogen-bond acceptors (Lipinski definition) is 3. The van der Waals surface area contributed by atoms with Crippen molar-refractivity contribution in [1.82, 2.24) is 14.8 Å².